The second-order valence-corrected chi connectivity index (χ2v) is 6.55. The van der Waals surface area contributed by atoms with Crippen molar-refractivity contribution in [3.63, 3.8) is 0 Å². The van der Waals surface area contributed by atoms with Gasteiger partial charge < -0.3 is 47.2 Å². The first kappa shape index (κ1) is 41.8. The van der Waals surface area contributed by atoms with Crippen molar-refractivity contribution in [1.82, 2.24) is 29.9 Å². The molecule has 0 aliphatic carbocycles. The van der Waals surface area contributed by atoms with Crippen molar-refractivity contribution < 1.29 is 63.7 Å². The fraction of sp³-hybridized carbons (Fsp3) is 0.130. The number of carbonyl (C=O) groups excluding carboxylic acids is 2. The third kappa shape index (κ3) is 13.7. The van der Waals surface area contributed by atoms with Gasteiger partial charge >= 0.3 is 16.5 Å². The molecule has 0 saturated heterocycles. The molecule has 4 aromatic rings. The maximum atomic E-state index is 9.66. The van der Waals surface area contributed by atoms with E-state index in [1.807, 2.05) is 54.6 Å². The zero-order valence-corrected chi connectivity index (χ0v) is 21.3. The smallest absolute Gasteiger partial charge is 0.550 e. The van der Waals surface area contributed by atoms with E-state index < -0.39 is 11.9 Å². The molecule has 0 fully saturated rings. The van der Waals surface area contributed by atoms with Crippen LogP contribution in [0, 0.1) is 0 Å². The molecule has 0 radical (unpaired) electrons. The standard InChI is InChI=1S/C18H12N6.C5H8O4.Ni.5H2O/c1-4-10-19-13(7-1)16-22-17(14-8-2-5-11-20-14)24-18(23-16)15-9-3-6-12-21-15;6-4(7)2-1-3-5(8)9;;;;;;/h1-12H;1-3H2,(H,6,7)(H,8,9);;5*1H2/q;;+2;;;;;. The van der Waals surface area contributed by atoms with Crippen LogP contribution in [0.5, 0.6) is 0 Å². The number of hydrogen-bond donors (Lipinski definition) is 0. The van der Waals surface area contributed by atoms with Crippen molar-refractivity contribution in [2.75, 3.05) is 0 Å². The molecule has 16 heteroatoms. The van der Waals surface area contributed by atoms with Crippen LogP contribution in [-0.2, 0) is 37.0 Å². The molecule has 39 heavy (non-hydrogen) atoms. The summed E-state index contributed by atoms with van der Waals surface area (Å²) < 4.78 is 0. The Morgan fingerprint density at radius 2 is 0.846 bits per heavy atom. The molecule has 0 amide bonds. The number of nitrogens with zero attached hydrogens (tertiary/aromatic N) is 6. The van der Waals surface area contributed by atoms with Crippen LogP contribution in [0.2, 0.25) is 0 Å². The van der Waals surface area contributed by atoms with Crippen molar-refractivity contribution in [2.45, 2.75) is 19.3 Å². The summed E-state index contributed by atoms with van der Waals surface area (Å²) in [6, 6.07) is 16.8. The number of pyridine rings is 3. The van der Waals surface area contributed by atoms with Crippen LogP contribution in [0.4, 0.5) is 0 Å². The van der Waals surface area contributed by atoms with Crippen molar-refractivity contribution in [3.8, 4) is 34.6 Å². The Morgan fingerprint density at radius 3 is 1.05 bits per heavy atom. The minimum Gasteiger partial charge on any atom is -0.550 e. The number of carboxylic acid groups (broad SMARTS) is 2. The number of carboxylic acids is 2. The van der Waals surface area contributed by atoms with Gasteiger partial charge in [0.1, 0.15) is 17.1 Å². The van der Waals surface area contributed by atoms with Crippen LogP contribution in [-0.4, -0.2) is 58.3 Å². The van der Waals surface area contributed by atoms with Gasteiger partial charge in [-0.2, -0.15) is 0 Å². The Hall–Kier alpha value is -4.31. The van der Waals surface area contributed by atoms with Gasteiger partial charge in [-0.15, -0.1) is 0 Å². The number of hydrogen-bond acceptors (Lipinski definition) is 10. The van der Waals surface area contributed by atoms with Crippen molar-refractivity contribution in [1.29, 1.82) is 0 Å². The summed E-state index contributed by atoms with van der Waals surface area (Å²) >= 11 is 0. The zero-order chi connectivity index (χ0) is 23.5. The second kappa shape index (κ2) is 21.7. The number of rotatable bonds is 7. The molecular formula is C23H30N6NiO9+2. The molecule has 0 aromatic carbocycles. The minimum atomic E-state index is -1.23. The van der Waals surface area contributed by atoms with Gasteiger partial charge in [-0.1, -0.05) is 18.2 Å². The molecule has 0 unspecified atom stereocenters. The number of aromatic nitrogens is 6. The first-order valence-electron chi connectivity index (χ1n) is 9.93. The average molecular weight is 593 g/mol. The monoisotopic (exact) mass is 592 g/mol. The van der Waals surface area contributed by atoms with Gasteiger partial charge in [0.15, 0.2) is 17.5 Å². The second-order valence-electron chi connectivity index (χ2n) is 6.55. The van der Waals surface area contributed by atoms with E-state index in [1.54, 1.807) is 18.6 Å². The maximum Gasteiger partial charge on any atom is 2.00 e. The van der Waals surface area contributed by atoms with Gasteiger partial charge in [-0.05, 0) is 55.7 Å². The van der Waals surface area contributed by atoms with Gasteiger partial charge in [-0.25, -0.2) is 15.0 Å². The van der Waals surface area contributed by atoms with Gasteiger partial charge in [0.2, 0.25) is 0 Å². The molecule has 15 nitrogen and oxygen atoms in total. The molecule has 4 aromatic heterocycles. The summed E-state index contributed by atoms with van der Waals surface area (Å²) in [5.74, 6) is -0.974. The molecule has 0 spiro atoms. The van der Waals surface area contributed by atoms with E-state index in [1.165, 1.54) is 0 Å². The number of aliphatic carboxylic acids is 2. The normalized spacial score (nSPS) is 8.51. The molecule has 0 saturated carbocycles. The van der Waals surface area contributed by atoms with Gasteiger partial charge in [0, 0.05) is 30.5 Å². The van der Waals surface area contributed by atoms with Gasteiger partial charge in [-0.3, -0.25) is 15.0 Å². The van der Waals surface area contributed by atoms with E-state index in [-0.39, 0.29) is 63.1 Å². The molecule has 0 aliphatic rings. The molecule has 12 N–H and O–H groups in total. The summed E-state index contributed by atoms with van der Waals surface area (Å²) in [6.45, 7) is 0. The van der Waals surface area contributed by atoms with E-state index in [2.05, 4.69) is 29.9 Å². The van der Waals surface area contributed by atoms with Crippen LogP contribution >= 0.6 is 0 Å². The molecule has 0 aliphatic heterocycles. The molecule has 4 rings (SSSR count). The SMILES string of the molecule is O.O.O.O=C([O-])CCCC(=O)[O-].[Ni+2].[OH3+].[OH3+].c1ccc(-c2nc(-c3ccccn3)nc(-c3ccccn3)n2)nc1. The largest absolute Gasteiger partial charge is 2.00 e. The Morgan fingerprint density at radius 1 is 0.564 bits per heavy atom. The summed E-state index contributed by atoms with van der Waals surface area (Å²) in [6.07, 6.45) is 4.78. The number of carbonyl (C=O) groups is 2. The molecule has 214 valence electrons. The fourth-order valence-electron chi connectivity index (χ4n) is 2.58. The fourth-order valence-corrected chi connectivity index (χ4v) is 2.58. The van der Waals surface area contributed by atoms with E-state index in [0.29, 0.717) is 34.6 Å². The third-order valence-electron chi connectivity index (χ3n) is 4.08. The van der Waals surface area contributed by atoms with Crippen LogP contribution in [0.1, 0.15) is 19.3 Å². The van der Waals surface area contributed by atoms with Crippen LogP contribution < -0.4 is 10.2 Å². The topological polar surface area (TPSA) is 318 Å². The summed E-state index contributed by atoms with van der Waals surface area (Å²) in [5, 5.41) is 19.3. The Bertz CT molecular complexity index is 1060. The molecule has 0 atom stereocenters. The van der Waals surface area contributed by atoms with Gasteiger partial charge in [0.25, 0.3) is 0 Å². The van der Waals surface area contributed by atoms with Crippen molar-refractivity contribution in [3.05, 3.63) is 73.2 Å². The average Bonchev–Trinajstić information content (AvgIpc) is 2.85. The molecule has 4 heterocycles. The summed E-state index contributed by atoms with van der Waals surface area (Å²) in [7, 11) is 0. The maximum absolute atomic E-state index is 9.66. The van der Waals surface area contributed by atoms with E-state index >= 15 is 0 Å². The predicted molar refractivity (Wildman–Crippen MR) is 134 cm³/mol. The first-order chi connectivity index (χ1) is 16.0. The summed E-state index contributed by atoms with van der Waals surface area (Å²) in [5.41, 5.74) is 2.03. The summed E-state index contributed by atoms with van der Waals surface area (Å²) in [4.78, 5) is 45.9. The molecule has 0 bridgehead atoms. The first-order valence-corrected chi connectivity index (χ1v) is 9.93. The van der Waals surface area contributed by atoms with Crippen molar-refractivity contribution >= 4 is 11.9 Å². The Balaban J connectivity index is -0.000000362. The minimum absolute atomic E-state index is 0. The Labute approximate surface area is 232 Å². The quantitative estimate of drug-likeness (QED) is 0.150. The third-order valence-corrected chi connectivity index (χ3v) is 4.08. The van der Waals surface area contributed by atoms with E-state index in [9.17, 15) is 19.8 Å². The van der Waals surface area contributed by atoms with Crippen LogP contribution in [0.3, 0.4) is 0 Å². The Kier molecular flexibility index (Phi) is 23.3. The van der Waals surface area contributed by atoms with Crippen LogP contribution in [0.15, 0.2) is 73.2 Å². The van der Waals surface area contributed by atoms with Crippen molar-refractivity contribution in [2.24, 2.45) is 0 Å². The van der Waals surface area contributed by atoms with Crippen LogP contribution in [0.25, 0.3) is 34.6 Å². The predicted octanol–water partition coefficient (Wildman–Crippen LogP) is -3.61. The van der Waals surface area contributed by atoms with E-state index in [0.717, 1.165) is 0 Å². The molecular weight excluding hydrogens is 563 g/mol. The van der Waals surface area contributed by atoms with E-state index in [4.69, 9.17) is 0 Å². The zero-order valence-electron chi connectivity index (χ0n) is 20.3. The van der Waals surface area contributed by atoms with Gasteiger partial charge in [0.05, 0.1) is 0 Å².